The van der Waals surface area contributed by atoms with E-state index in [-0.39, 0.29) is 12.1 Å². The van der Waals surface area contributed by atoms with Gasteiger partial charge in [-0.25, -0.2) is 4.39 Å². The molecule has 2 rings (SSSR count). The lowest BCUT2D eigenvalue weighted by atomic mass is 10.1. The molecule has 2 aromatic rings. The maximum Gasteiger partial charge on any atom is 0.254 e. The van der Waals surface area contributed by atoms with Crippen molar-refractivity contribution in [1.29, 1.82) is 0 Å². The van der Waals surface area contributed by atoms with Gasteiger partial charge in [0.2, 0.25) is 0 Å². The number of rotatable bonds is 4. The fraction of sp³-hybridized carbons (Fsp3) is 0.133. The first kappa shape index (κ1) is 14.0. The summed E-state index contributed by atoms with van der Waals surface area (Å²) in [6.45, 7) is -0.00289. The quantitative estimate of drug-likeness (QED) is 0.745. The molecule has 2 aromatic carbocycles. The van der Waals surface area contributed by atoms with Crippen LogP contribution in [0.1, 0.15) is 22.0 Å². The normalized spacial score (nSPS) is 11.9. The lowest BCUT2D eigenvalue weighted by Gasteiger charge is -2.12. The minimum absolute atomic E-state index is 0.00289. The highest BCUT2D eigenvalue weighted by atomic mass is 19.1. The van der Waals surface area contributed by atoms with E-state index in [1.54, 1.807) is 24.3 Å². The van der Waals surface area contributed by atoms with Crippen molar-refractivity contribution in [2.75, 3.05) is 12.3 Å². The van der Waals surface area contributed by atoms with Crippen LogP contribution in [0.2, 0.25) is 0 Å². The van der Waals surface area contributed by atoms with Gasteiger partial charge in [-0.15, -0.1) is 0 Å². The van der Waals surface area contributed by atoms with Gasteiger partial charge >= 0.3 is 0 Å². The Kier molecular flexibility index (Phi) is 4.32. The summed E-state index contributed by atoms with van der Waals surface area (Å²) in [7, 11) is 0. The third kappa shape index (κ3) is 3.33. The number of carbonyl (C=O) groups is 1. The zero-order chi connectivity index (χ0) is 14.5. The lowest BCUT2D eigenvalue weighted by molar-refractivity contribution is 0.0912. The van der Waals surface area contributed by atoms with Crippen LogP contribution in [0, 0.1) is 5.82 Å². The molecule has 0 aromatic heterocycles. The minimum Gasteiger partial charge on any atom is -0.399 e. The second-order valence-corrected chi connectivity index (χ2v) is 4.38. The van der Waals surface area contributed by atoms with Gasteiger partial charge in [0.1, 0.15) is 5.82 Å². The molecule has 4 N–H and O–H groups in total. The van der Waals surface area contributed by atoms with E-state index >= 15 is 0 Å². The van der Waals surface area contributed by atoms with Crippen molar-refractivity contribution in [2.24, 2.45) is 0 Å². The largest absolute Gasteiger partial charge is 0.399 e. The van der Waals surface area contributed by atoms with Crippen molar-refractivity contribution in [1.82, 2.24) is 5.32 Å². The molecule has 0 bridgehead atoms. The number of hydrogen-bond donors (Lipinski definition) is 3. The van der Waals surface area contributed by atoms with Crippen molar-refractivity contribution in [2.45, 2.75) is 6.10 Å². The molecule has 5 heteroatoms. The molecule has 1 amide bonds. The third-order valence-corrected chi connectivity index (χ3v) is 2.88. The molecule has 104 valence electrons. The van der Waals surface area contributed by atoms with Crippen molar-refractivity contribution < 1.29 is 14.3 Å². The number of hydrogen-bond acceptors (Lipinski definition) is 3. The van der Waals surface area contributed by atoms with Crippen LogP contribution in [0.3, 0.4) is 0 Å². The number of nitrogen functional groups attached to an aromatic ring is 1. The molecule has 0 spiro atoms. The van der Waals surface area contributed by atoms with E-state index in [9.17, 15) is 14.3 Å². The molecule has 4 nitrogen and oxygen atoms in total. The molecule has 1 unspecified atom stereocenters. The SMILES string of the molecule is Nc1ccc(F)c(C(=O)NCC(O)c2ccccc2)c1. The Morgan fingerprint density at radius 1 is 1.25 bits per heavy atom. The monoisotopic (exact) mass is 274 g/mol. The molecule has 0 aliphatic rings. The molecular formula is C15H15FN2O2. The second-order valence-electron chi connectivity index (χ2n) is 4.38. The van der Waals surface area contributed by atoms with Crippen LogP contribution >= 0.6 is 0 Å². The number of aliphatic hydroxyl groups excluding tert-OH is 1. The number of benzene rings is 2. The maximum absolute atomic E-state index is 13.5. The zero-order valence-electron chi connectivity index (χ0n) is 10.7. The highest BCUT2D eigenvalue weighted by Crippen LogP contribution is 2.13. The van der Waals surface area contributed by atoms with Crippen LogP contribution in [0.4, 0.5) is 10.1 Å². The summed E-state index contributed by atoms with van der Waals surface area (Å²) in [5.41, 5.74) is 6.37. The summed E-state index contributed by atoms with van der Waals surface area (Å²) in [6.07, 6.45) is -0.843. The highest BCUT2D eigenvalue weighted by molar-refractivity contribution is 5.95. The fourth-order valence-electron chi connectivity index (χ4n) is 1.79. The molecule has 20 heavy (non-hydrogen) atoms. The summed E-state index contributed by atoms with van der Waals surface area (Å²) in [5.74, 6) is -1.25. The smallest absolute Gasteiger partial charge is 0.254 e. The van der Waals surface area contributed by atoms with Gasteiger partial charge in [0.25, 0.3) is 5.91 Å². The average molecular weight is 274 g/mol. The summed E-state index contributed by atoms with van der Waals surface area (Å²) >= 11 is 0. The van der Waals surface area contributed by atoms with Gasteiger partial charge in [-0.2, -0.15) is 0 Å². The number of aliphatic hydroxyl groups is 1. The van der Waals surface area contributed by atoms with Crippen molar-refractivity contribution in [3.05, 3.63) is 65.5 Å². The molecule has 0 saturated carbocycles. The van der Waals surface area contributed by atoms with E-state index in [0.717, 1.165) is 6.07 Å². The van der Waals surface area contributed by atoms with E-state index < -0.39 is 17.8 Å². The first-order chi connectivity index (χ1) is 9.58. The number of nitrogens with two attached hydrogens (primary N) is 1. The molecule has 0 aliphatic heterocycles. The van der Waals surface area contributed by atoms with Gasteiger partial charge in [0, 0.05) is 12.2 Å². The van der Waals surface area contributed by atoms with Gasteiger partial charge in [-0.3, -0.25) is 4.79 Å². The topological polar surface area (TPSA) is 75.4 Å². The van der Waals surface area contributed by atoms with E-state index in [1.165, 1.54) is 12.1 Å². The molecule has 1 atom stereocenters. The molecule has 0 fully saturated rings. The zero-order valence-corrected chi connectivity index (χ0v) is 10.7. The molecular weight excluding hydrogens is 259 g/mol. The van der Waals surface area contributed by atoms with Crippen LogP contribution in [-0.4, -0.2) is 17.6 Å². The number of anilines is 1. The van der Waals surface area contributed by atoms with Gasteiger partial charge in [0.15, 0.2) is 0 Å². The summed E-state index contributed by atoms with van der Waals surface area (Å²) in [6, 6.07) is 12.7. The molecule has 0 aliphatic carbocycles. The molecule has 0 radical (unpaired) electrons. The third-order valence-electron chi connectivity index (χ3n) is 2.88. The number of amides is 1. The Balaban J connectivity index is 2.00. The Hall–Kier alpha value is -2.40. The van der Waals surface area contributed by atoms with Crippen molar-refractivity contribution in [3.63, 3.8) is 0 Å². The van der Waals surface area contributed by atoms with E-state index in [1.807, 2.05) is 6.07 Å². The Labute approximate surface area is 116 Å². The average Bonchev–Trinajstić information content (AvgIpc) is 2.47. The molecule has 0 heterocycles. The van der Waals surface area contributed by atoms with E-state index in [0.29, 0.717) is 11.3 Å². The Bertz CT molecular complexity index is 602. The van der Waals surface area contributed by atoms with Gasteiger partial charge in [0.05, 0.1) is 11.7 Å². The van der Waals surface area contributed by atoms with Crippen LogP contribution in [0.5, 0.6) is 0 Å². The van der Waals surface area contributed by atoms with E-state index in [2.05, 4.69) is 5.32 Å². The number of halogens is 1. The summed E-state index contributed by atoms with van der Waals surface area (Å²) in [4.78, 5) is 11.8. The summed E-state index contributed by atoms with van der Waals surface area (Å²) in [5, 5.41) is 12.4. The lowest BCUT2D eigenvalue weighted by Crippen LogP contribution is -2.29. The predicted octanol–water partition coefficient (Wildman–Crippen LogP) is 1.87. The Morgan fingerprint density at radius 2 is 1.95 bits per heavy atom. The Morgan fingerprint density at radius 3 is 2.65 bits per heavy atom. The first-order valence-corrected chi connectivity index (χ1v) is 6.14. The van der Waals surface area contributed by atoms with E-state index in [4.69, 9.17) is 5.73 Å². The van der Waals surface area contributed by atoms with Crippen molar-refractivity contribution in [3.8, 4) is 0 Å². The van der Waals surface area contributed by atoms with Crippen LogP contribution in [-0.2, 0) is 0 Å². The molecule has 0 saturated heterocycles. The summed E-state index contributed by atoms with van der Waals surface area (Å²) < 4.78 is 13.5. The first-order valence-electron chi connectivity index (χ1n) is 6.14. The number of nitrogens with one attached hydrogen (secondary N) is 1. The van der Waals surface area contributed by atoms with Crippen LogP contribution in [0.25, 0.3) is 0 Å². The highest BCUT2D eigenvalue weighted by Gasteiger charge is 2.14. The van der Waals surface area contributed by atoms with Gasteiger partial charge in [-0.05, 0) is 23.8 Å². The number of carbonyl (C=O) groups excluding carboxylic acids is 1. The maximum atomic E-state index is 13.5. The fourth-order valence-corrected chi connectivity index (χ4v) is 1.79. The van der Waals surface area contributed by atoms with Crippen LogP contribution in [0.15, 0.2) is 48.5 Å². The van der Waals surface area contributed by atoms with Gasteiger partial charge in [-0.1, -0.05) is 30.3 Å². The van der Waals surface area contributed by atoms with Crippen molar-refractivity contribution >= 4 is 11.6 Å². The standard InChI is InChI=1S/C15H15FN2O2/c16-13-7-6-11(17)8-12(13)15(20)18-9-14(19)10-4-2-1-3-5-10/h1-8,14,19H,9,17H2,(H,18,20). The van der Waals surface area contributed by atoms with Crippen LogP contribution < -0.4 is 11.1 Å². The predicted molar refractivity (Wildman–Crippen MR) is 74.5 cm³/mol. The second kappa shape index (κ2) is 6.16. The van der Waals surface area contributed by atoms with Gasteiger partial charge < -0.3 is 16.2 Å². The minimum atomic E-state index is -0.843.